The first-order valence-corrected chi connectivity index (χ1v) is 5.53. The summed E-state index contributed by atoms with van der Waals surface area (Å²) < 4.78 is 1.65. The Balaban J connectivity index is 2.21. The van der Waals surface area contributed by atoms with Crippen LogP contribution in [0.5, 0.6) is 0 Å². The summed E-state index contributed by atoms with van der Waals surface area (Å²) in [6.07, 6.45) is 1.45. The van der Waals surface area contributed by atoms with E-state index in [-0.39, 0.29) is 6.04 Å². The molecule has 0 unspecified atom stereocenters. The van der Waals surface area contributed by atoms with Crippen LogP contribution in [0.3, 0.4) is 0 Å². The number of fused-ring (bicyclic) bond motifs is 1. The van der Waals surface area contributed by atoms with Gasteiger partial charge < -0.3 is 5.21 Å². The second-order valence-electron chi connectivity index (χ2n) is 4.00. The largest absolute Gasteiger partial charge is 0.411 e. The van der Waals surface area contributed by atoms with Crippen molar-refractivity contribution in [2.75, 3.05) is 0 Å². The molecule has 0 radical (unpaired) electrons. The number of benzene rings is 1. The van der Waals surface area contributed by atoms with Crippen LogP contribution in [0, 0.1) is 0 Å². The van der Waals surface area contributed by atoms with Crippen molar-refractivity contribution in [1.82, 2.24) is 14.8 Å². The summed E-state index contributed by atoms with van der Waals surface area (Å²) in [7, 11) is 0. The molecule has 0 spiro atoms. The minimum atomic E-state index is -0.286. The molecule has 0 bridgehead atoms. The molecule has 90 valence electrons. The van der Waals surface area contributed by atoms with Gasteiger partial charge in [-0.3, -0.25) is 0 Å². The van der Waals surface area contributed by atoms with E-state index < -0.39 is 0 Å². The summed E-state index contributed by atoms with van der Waals surface area (Å²) in [5.41, 5.74) is 2.11. The van der Waals surface area contributed by atoms with Crippen LogP contribution in [-0.4, -0.2) is 31.4 Å². The molecule has 3 rings (SSSR count). The third-order valence-electron chi connectivity index (χ3n) is 2.92. The van der Waals surface area contributed by atoms with E-state index in [1.807, 2.05) is 30.3 Å². The Morgan fingerprint density at radius 3 is 2.78 bits per heavy atom. The van der Waals surface area contributed by atoms with Crippen molar-refractivity contribution < 1.29 is 5.21 Å². The molecule has 0 aliphatic carbocycles. The van der Waals surface area contributed by atoms with Crippen LogP contribution in [0.2, 0.25) is 0 Å². The van der Waals surface area contributed by atoms with Gasteiger partial charge in [0.2, 0.25) is 5.95 Å². The molecule has 0 amide bonds. The molecule has 0 saturated carbocycles. The van der Waals surface area contributed by atoms with Gasteiger partial charge in [0.25, 0.3) is 0 Å². The number of nitrogens with zero attached hydrogens (tertiary/aromatic N) is 5. The molecule has 0 fully saturated rings. The van der Waals surface area contributed by atoms with Crippen molar-refractivity contribution in [2.45, 2.75) is 13.0 Å². The maximum absolute atomic E-state index is 9.20. The van der Waals surface area contributed by atoms with Crippen molar-refractivity contribution >= 4 is 17.4 Å². The summed E-state index contributed by atoms with van der Waals surface area (Å²) in [5.74, 6) is 0.522. The second-order valence-corrected chi connectivity index (χ2v) is 4.00. The Kier molecular flexibility index (Phi) is 2.40. The number of oxime groups is 1. The quantitative estimate of drug-likeness (QED) is 0.611. The van der Waals surface area contributed by atoms with E-state index in [4.69, 9.17) is 0 Å². The Morgan fingerprint density at radius 1 is 1.28 bits per heavy atom. The molecule has 1 atom stereocenters. The van der Waals surface area contributed by atoms with Gasteiger partial charge in [-0.05, 0) is 12.5 Å². The highest BCUT2D eigenvalue weighted by Gasteiger charge is 2.30. The minimum absolute atomic E-state index is 0.286. The zero-order valence-electron chi connectivity index (χ0n) is 9.72. The van der Waals surface area contributed by atoms with Crippen LogP contribution in [0.1, 0.15) is 18.5 Å². The van der Waals surface area contributed by atoms with Crippen LogP contribution in [0.4, 0.5) is 5.95 Å². The van der Waals surface area contributed by atoms with Crippen molar-refractivity contribution in [1.29, 1.82) is 0 Å². The van der Waals surface area contributed by atoms with Gasteiger partial charge in [-0.25, -0.2) is 9.67 Å². The fourth-order valence-electron chi connectivity index (χ4n) is 2.09. The number of aliphatic imine (C=N–C) groups is 1. The average Bonchev–Trinajstić information content (AvgIpc) is 2.85. The van der Waals surface area contributed by atoms with Crippen molar-refractivity contribution in [2.24, 2.45) is 10.1 Å². The van der Waals surface area contributed by atoms with Gasteiger partial charge in [0.15, 0.2) is 0 Å². The minimum Gasteiger partial charge on any atom is -0.411 e. The smallest absolute Gasteiger partial charge is 0.249 e. The molecule has 1 aromatic carbocycles. The summed E-state index contributed by atoms with van der Waals surface area (Å²) in [4.78, 5) is 8.33. The van der Waals surface area contributed by atoms with Crippen molar-refractivity contribution in [3.63, 3.8) is 0 Å². The van der Waals surface area contributed by atoms with Gasteiger partial charge >= 0.3 is 0 Å². The first-order valence-electron chi connectivity index (χ1n) is 5.53. The SMILES string of the molecule is CC1=Nc2ncnn2[C@@H](c2ccccc2)C1=NO. The summed E-state index contributed by atoms with van der Waals surface area (Å²) in [5, 5.41) is 16.7. The van der Waals surface area contributed by atoms with Gasteiger partial charge in [-0.1, -0.05) is 35.5 Å². The normalized spacial score (nSPS) is 20.6. The summed E-state index contributed by atoms with van der Waals surface area (Å²) >= 11 is 0. The van der Waals surface area contributed by atoms with Gasteiger partial charge in [-0.2, -0.15) is 10.1 Å². The number of hydrogen-bond acceptors (Lipinski definition) is 5. The standard InChI is InChI=1S/C12H11N5O/c1-8-10(16-18)11(9-5-3-2-4-6-9)17-12(15-8)13-7-14-17/h2-7,11,18H,1H3/t11-/m0/s1. The predicted octanol–water partition coefficient (Wildman–Crippen LogP) is 1.80. The molecule has 1 N–H and O–H groups in total. The zero-order valence-corrected chi connectivity index (χ0v) is 9.72. The molecule has 18 heavy (non-hydrogen) atoms. The highest BCUT2D eigenvalue weighted by atomic mass is 16.4. The van der Waals surface area contributed by atoms with E-state index in [9.17, 15) is 5.21 Å². The topological polar surface area (TPSA) is 75.7 Å². The maximum atomic E-state index is 9.20. The molecule has 2 heterocycles. The molecule has 6 heteroatoms. The Hall–Kier alpha value is -2.50. The van der Waals surface area contributed by atoms with Crippen molar-refractivity contribution in [3.05, 3.63) is 42.2 Å². The fraction of sp³-hybridized carbons (Fsp3) is 0.167. The Labute approximate surface area is 103 Å². The molecule has 2 aromatic rings. The first-order chi connectivity index (χ1) is 8.81. The second kappa shape index (κ2) is 4.06. The highest BCUT2D eigenvalue weighted by molar-refractivity contribution is 6.44. The van der Waals surface area contributed by atoms with Crippen LogP contribution < -0.4 is 0 Å². The summed E-state index contributed by atoms with van der Waals surface area (Å²) in [6, 6.07) is 9.43. The Bertz CT molecular complexity index is 629. The Morgan fingerprint density at radius 2 is 2.06 bits per heavy atom. The lowest BCUT2D eigenvalue weighted by molar-refractivity contribution is 0.316. The molecule has 1 aromatic heterocycles. The van der Waals surface area contributed by atoms with E-state index in [0.717, 1.165) is 5.56 Å². The lowest BCUT2D eigenvalue weighted by Gasteiger charge is -2.23. The molecule has 1 aliphatic heterocycles. The van der Waals surface area contributed by atoms with E-state index in [0.29, 0.717) is 17.4 Å². The van der Waals surface area contributed by atoms with Crippen LogP contribution >= 0.6 is 0 Å². The summed E-state index contributed by atoms with van der Waals surface area (Å²) in [6.45, 7) is 1.79. The van der Waals surface area contributed by atoms with Crippen LogP contribution in [-0.2, 0) is 0 Å². The third kappa shape index (κ3) is 1.50. The van der Waals surface area contributed by atoms with Gasteiger partial charge in [0.1, 0.15) is 18.1 Å². The van der Waals surface area contributed by atoms with E-state index in [2.05, 4.69) is 20.2 Å². The highest BCUT2D eigenvalue weighted by Crippen LogP contribution is 2.28. The van der Waals surface area contributed by atoms with Crippen LogP contribution in [0.15, 0.2) is 46.8 Å². The van der Waals surface area contributed by atoms with Crippen molar-refractivity contribution in [3.8, 4) is 0 Å². The number of hydrogen-bond donors (Lipinski definition) is 1. The number of aromatic nitrogens is 3. The number of rotatable bonds is 1. The molecular weight excluding hydrogens is 230 g/mol. The maximum Gasteiger partial charge on any atom is 0.249 e. The fourth-order valence-corrected chi connectivity index (χ4v) is 2.09. The van der Waals surface area contributed by atoms with E-state index in [1.165, 1.54) is 6.33 Å². The molecular formula is C12H11N5O. The van der Waals surface area contributed by atoms with Gasteiger partial charge in [-0.15, -0.1) is 0 Å². The van der Waals surface area contributed by atoms with E-state index in [1.54, 1.807) is 11.6 Å². The predicted molar refractivity (Wildman–Crippen MR) is 66.6 cm³/mol. The lowest BCUT2D eigenvalue weighted by Crippen LogP contribution is -2.30. The third-order valence-corrected chi connectivity index (χ3v) is 2.92. The molecule has 0 saturated heterocycles. The first kappa shape index (κ1) is 10.6. The molecule has 6 nitrogen and oxygen atoms in total. The monoisotopic (exact) mass is 241 g/mol. The zero-order chi connectivity index (χ0) is 12.5. The van der Waals surface area contributed by atoms with E-state index >= 15 is 0 Å². The molecule has 1 aliphatic rings. The van der Waals surface area contributed by atoms with Gasteiger partial charge in [0, 0.05) is 0 Å². The van der Waals surface area contributed by atoms with Crippen LogP contribution in [0.25, 0.3) is 0 Å². The van der Waals surface area contributed by atoms with Gasteiger partial charge in [0.05, 0.1) is 5.71 Å². The lowest BCUT2D eigenvalue weighted by atomic mass is 9.98. The average molecular weight is 241 g/mol.